The van der Waals surface area contributed by atoms with E-state index >= 15 is 0 Å². The molecule has 130 valence electrons. The molecule has 0 atom stereocenters. The zero-order valence-electron chi connectivity index (χ0n) is 14.5. The van der Waals surface area contributed by atoms with Crippen molar-refractivity contribution in [3.05, 3.63) is 60.3 Å². The van der Waals surface area contributed by atoms with Gasteiger partial charge in [0, 0.05) is 30.2 Å². The van der Waals surface area contributed by atoms with Gasteiger partial charge in [0.2, 0.25) is 0 Å². The van der Waals surface area contributed by atoms with Crippen molar-refractivity contribution in [2.45, 2.75) is 38.3 Å². The van der Waals surface area contributed by atoms with Gasteiger partial charge >= 0.3 is 0 Å². The number of aromatic amines is 1. The first-order valence-corrected chi connectivity index (χ1v) is 9.31. The fourth-order valence-corrected chi connectivity index (χ4v) is 3.74. The Balaban J connectivity index is 1.21. The monoisotopic (exact) mass is 334 g/mol. The minimum Gasteiger partial charge on any atom is -0.385 e. The average molecular weight is 334 g/mol. The van der Waals surface area contributed by atoms with Crippen LogP contribution in [-0.2, 0) is 6.54 Å². The molecule has 3 aromatic rings. The van der Waals surface area contributed by atoms with Crippen LogP contribution in [0.4, 0.5) is 5.69 Å². The molecule has 0 amide bonds. The van der Waals surface area contributed by atoms with Crippen LogP contribution >= 0.6 is 0 Å². The van der Waals surface area contributed by atoms with E-state index in [4.69, 9.17) is 0 Å². The van der Waals surface area contributed by atoms with Crippen molar-refractivity contribution in [2.24, 2.45) is 5.92 Å². The van der Waals surface area contributed by atoms with Gasteiger partial charge < -0.3 is 10.6 Å². The summed E-state index contributed by atoms with van der Waals surface area (Å²) < 4.78 is 0. The number of fused-ring (bicyclic) bond motifs is 1. The lowest BCUT2D eigenvalue weighted by Crippen LogP contribution is -2.34. The standard InChI is InChI=1S/C21H26N4/c1-2-4-16(5-3-1)13-22-19-8-6-17(7-9-19)14-23-20-10-11-21-18(12-20)15-24-25-21/h1-5,10-12,15,17,19,22-23H,6-9,13-14H2,(H,24,25). The number of H-pyrrole nitrogens is 1. The molecule has 1 saturated carbocycles. The van der Waals surface area contributed by atoms with Crippen LogP contribution in [0.25, 0.3) is 10.9 Å². The number of rotatable bonds is 6. The maximum atomic E-state index is 4.08. The maximum Gasteiger partial charge on any atom is 0.0651 e. The van der Waals surface area contributed by atoms with Gasteiger partial charge in [-0.3, -0.25) is 5.10 Å². The van der Waals surface area contributed by atoms with Crippen molar-refractivity contribution in [3.63, 3.8) is 0 Å². The SMILES string of the molecule is c1ccc(CNC2CCC(CNc3ccc4[nH]ncc4c3)CC2)cc1. The van der Waals surface area contributed by atoms with Crippen LogP contribution in [0.2, 0.25) is 0 Å². The van der Waals surface area contributed by atoms with Gasteiger partial charge in [0.1, 0.15) is 0 Å². The topological polar surface area (TPSA) is 52.7 Å². The summed E-state index contributed by atoms with van der Waals surface area (Å²) in [6.45, 7) is 2.05. The summed E-state index contributed by atoms with van der Waals surface area (Å²) in [7, 11) is 0. The minimum atomic E-state index is 0.665. The average Bonchev–Trinajstić information content (AvgIpc) is 3.14. The van der Waals surface area contributed by atoms with Crippen LogP contribution in [0.1, 0.15) is 31.2 Å². The van der Waals surface area contributed by atoms with E-state index in [2.05, 4.69) is 69.4 Å². The molecule has 0 bridgehead atoms. The lowest BCUT2D eigenvalue weighted by atomic mass is 9.86. The second-order valence-corrected chi connectivity index (χ2v) is 7.14. The number of anilines is 1. The summed E-state index contributed by atoms with van der Waals surface area (Å²) in [4.78, 5) is 0. The summed E-state index contributed by atoms with van der Waals surface area (Å²) in [6, 6.07) is 17.7. The van der Waals surface area contributed by atoms with E-state index in [0.717, 1.165) is 24.5 Å². The molecule has 1 aromatic heterocycles. The van der Waals surface area contributed by atoms with Crippen LogP contribution in [0.5, 0.6) is 0 Å². The number of hydrogen-bond acceptors (Lipinski definition) is 3. The first kappa shape index (κ1) is 16.2. The number of benzene rings is 2. The molecule has 2 aromatic carbocycles. The van der Waals surface area contributed by atoms with E-state index < -0.39 is 0 Å². The lowest BCUT2D eigenvalue weighted by molar-refractivity contribution is 0.300. The van der Waals surface area contributed by atoms with Crippen LogP contribution in [0, 0.1) is 5.92 Å². The van der Waals surface area contributed by atoms with Gasteiger partial charge in [-0.15, -0.1) is 0 Å². The summed E-state index contributed by atoms with van der Waals surface area (Å²) in [5.74, 6) is 0.773. The zero-order chi connectivity index (χ0) is 16.9. The van der Waals surface area contributed by atoms with Gasteiger partial charge in [-0.2, -0.15) is 5.10 Å². The fourth-order valence-electron chi connectivity index (χ4n) is 3.74. The molecule has 0 radical (unpaired) electrons. The first-order valence-electron chi connectivity index (χ1n) is 9.31. The molecule has 4 heteroatoms. The number of hydrogen-bond donors (Lipinski definition) is 3. The van der Waals surface area contributed by atoms with E-state index in [-0.39, 0.29) is 0 Å². The highest BCUT2D eigenvalue weighted by Gasteiger charge is 2.20. The molecule has 3 N–H and O–H groups in total. The molecule has 1 heterocycles. The summed E-state index contributed by atoms with van der Waals surface area (Å²) >= 11 is 0. The van der Waals surface area contributed by atoms with Crippen LogP contribution in [0.3, 0.4) is 0 Å². The van der Waals surface area contributed by atoms with Gasteiger partial charge in [-0.05, 0) is 55.4 Å². The molecule has 0 spiro atoms. The summed E-state index contributed by atoms with van der Waals surface area (Å²) in [6.07, 6.45) is 7.03. The van der Waals surface area contributed by atoms with Crippen LogP contribution in [-0.4, -0.2) is 22.8 Å². The molecule has 1 fully saturated rings. The quantitative estimate of drug-likeness (QED) is 0.629. The third-order valence-electron chi connectivity index (χ3n) is 5.32. The van der Waals surface area contributed by atoms with Crippen molar-refractivity contribution in [3.8, 4) is 0 Å². The maximum absolute atomic E-state index is 4.08. The highest BCUT2D eigenvalue weighted by Crippen LogP contribution is 2.25. The Labute approximate surface area is 149 Å². The Morgan fingerprint density at radius 1 is 1.00 bits per heavy atom. The van der Waals surface area contributed by atoms with E-state index in [0.29, 0.717) is 6.04 Å². The third kappa shape index (κ3) is 4.20. The van der Waals surface area contributed by atoms with E-state index in [1.165, 1.54) is 42.3 Å². The Morgan fingerprint density at radius 3 is 2.68 bits per heavy atom. The minimum absolute atomic E-state index is 0.665. The smallest absolute Gasteiger partial charge is 0.0651 e. The van der Waals surface area contributed by atoms with Crippen LogP contribution < -0.4 is 10.6 Å². The molecular formula is C21H26N4. The predicted molar refractivity (Wildman–Crippen MR) is 104 cm³/mol. The van der Waals surface area contributed by atoms with E-state index in [1.807, 2.05) is 6.20 Å². The van der Waals surface area contributed by atoms with Gasteiger partial charge in [0.15, 0.2) is 0 Å². The van der Waals surface area contributed by atoms with E-state index in [9.17, 15) is 0 Å². The second-order valence-electron chi connectivity index (χ2n) is 7.14. The Kier molecular flexibility index (Phi) is 4.98. The number of nitrogens with one attached hydrogen (secondary N) is 3. The van der Waals surface area contributed by atoms with Gasteiger partial charge in [-0.1, -0.05) is 30.3 Å². The van der Waals surface area contributed by atoms with Gasteiger partial charge in [0.25, 0.3) is 0 Å². The fraction of sp³-hybridized carbons (Fsp3) is 0.381. The van der Waals surface area contributed by atoms with Crippen molar-refractivity contribution >= 4 is 16.6 Å². The Morgan fingerprint density at radius 2 is 1.84 bits per heavy atom. The highest BCUT2D eigenvalue weighted by molar-refractivity contribution is 5.81. The molecule has 4 nitrogen and oxygen atoms in total. The first-order chi connectivity index (χ1) is 12.4. The Hall–Kier alpha value is -2.33. The van der Waals surface area contributed by atoms with Gasteiger partial charge in [-0.25, -0.2) is 0 Å². The largest absolute Gasteiger partial charge is 0.385 e. The van der Waals surface area contributed by atoms with E-state index in [1.54, 1.807) is 0 Å². The molecule has 0 aliphatic heterocycles. The van der Waals surface area contributed by atoms with Crippen LogP contribution in [0.15, 0.2) is 54.7 Å². The normalized spacial score (nSPS) is 20.6. The predicted octanol–water partition coefficient (Wildman–Crippen LogP) is 4.32. The summed E-state index contributed by atoms with van der Waals surface area (Å²) in [5, 5.41) is 15.6. The van der Waals surface area contributed by atoms with Gasteiger partial charge in [0.05, 0.1) is 11.7 Å². The Bertz CT molecular complexity index is 788. The summed E-state index contributed by atoms with van der Waals surface area (Å²) in [5.41, 5.74) is 3.66. The van der Waals surface area contributed by atoms with Crippen molar-refractivity contribution in [1.82, 2.24) is 15.5 Å². The molecule has 0 saturated heterocycles. The molecular weight excluding hydrogens is 308 g/mol. The third-order valence-corrected chi connectivity index (χ3v) is 5.32. The van der Waals surface area contributed by atoms with Crippen molar-refractivity contribution in [2.75, 3.05) is 11.9 Å². The van der Waals surface area contributed by atoms with Crippen molar-refractivity contribution in [1.29, 1.82) is 0 Å². The molecule has 4 rings (SSSR count). The molecule has 25 heavy (non-hydrogen) atoms. The molecule has 1 aliphatic carbocycles. The van der Waals surface area contributed by atoms with Crippen molar-refractivity contribution < 1.29 is 0 Å². The highest BCUT2D eigenvalue weighted by atomic mass is 15.1. The molecule has 1 aliphatic rings. The second kappa shape index (κ2) is 7.70. The number of nitrogens with zero attached hydrogens (tertiary/aromatic N) is 1. The molecule has 0 unspecified atom stereocenters. The zero-order valence-corrected chi connectivity index (χ0v) is 14.5. The number of aromatic nitrogens is 2. The lowest BCUT2D eigenvalue weighted by Gasteiger charge is -2.29.